The molecule has 0 spiro atoms. The monoisotopic (exact) mass is 570 g/mol. The predicted octanol–water partition coefficient (Wildman–Crippen LogP) is 4.72. The number of esters is 1. The van der Waals surface area contributed by atoms with Crippen molar-refractivity contribution < 1.29 is 29.0 Å². The quantitative estimate of drug-likeness (QED) is 0.325. The normalized spacial score (nSPS) is 46.8. The molecule has 5 rings (SSSR count). The number of allylic oxidation sites excluding steroid dienone is 2. The summed E-state index contributed by atoms with van der Waals surface area (Å²) in [5.74, 6) is -2.87. The topological polar surface area (TPSA) is 150 Å². The van der Waals surface area contributed by atoms with Crippen LogP contribution in [0, 0.1) is 38.9 Å². The summed E-state index contributed by atoms with van der Waals surface area (Å²) in [6.45, 7) is 16.5. The molecule has 0 bridgehead atoms. The summed E-state index contributed by atoms with van der Waals surface area (Å²) in [4.78, 5) is 51.1. The van der Waals surface area contributed by atoms with Gasteiger partial charge in [-0.1, -0.05) is 48.5 Å². The molecule has 4 fully saturated rings. The maximum atomic E-state index is 13.5. The van der Waals surface area contributed by atoms with E-state index in [9.17, 15) is 24.3 Å². The molecule has 8 atom stereocenters. The van der Waals surface area contributed by atoms with Gasteiger partial charge < -0.3 is 21.3 Å². The van der Waals surface area contributed by atoms with Crippen molar-refractivity contribution in [3.8, 4) is 0 Å². The smallest absolute Gasteiger partial charge is 0.373 e. The molecule has 0 aliphatic heterocycles. The fourth-order valence-electron chi connectivity index (χ4n) is 11.5. The lowest BCUT2D eigenvalue weighted by Gasteiger charge is -2.78. The van der Waals surface area contributed by atoms with E-state index >= 15 is 0 Å². The molecular weight excluding hydrogens is 520 g/mol. The molecule has 0 aromatic heterocycles. The molecule has 4 saturated carbocycles. The number of Topliss-reactive ketones (excluding diaryl/α,β-unsaturated/α-hetero) is 2. The van der Waals surface area contributed by atoms with Gasteiger partial charge in [-0.2, -0.15) is 0 Å². The van der Waals surface area contributed by atoms with Crippen molar-refractivity contribution in [2.24, 2.45) is 50.4 Å². The van der Waals surface area contributed by atoms with E-state index in [4.69, 9.17) is 16.2 Å². The lowest BCUT2D eigenvalue weighted by Crippen LogP contribution is -2.85. The summed E-state index contributed by atoms with van der Waals surface area (Å²) >= 11 is 0. The molecule has 0 unspecified atom stereocenters. The van der Waals surface area contributed by atoms with Crippen LogP contribution in [0.4, 0.5) is 0 Å². The number of rotatable bonds is 4. The van der Waals surface area contributed by atoms with Gasteiger partial charge in [0.15, 0.2) is 5.78 Å². The summed E-state index contributed by atoms with van der Waals surface area (Å²) in [5.41, 5.74) is 12.5. The summed E-state index contributed by atoms with van der Waals surface area (Å²) in [5, 5.41) is 9.89. The van der Waals surface area contributed by atoms with E-state index in [1.165, 1.54) is 6.92 Å². The molecule has 5 N–H and O–H groups in total. The van der Waals surface area contributed by atoms with Crippen LogP contribution in [0.15, 0.2) is 11.1 Å². The van der Waals surface area contributed by atoms with Crippen molar-refractivity contribution in [3.63, 3.8) is 0 Å². The Morgan fingerprint density at radius 1 is 0.878 bits per heavy atom. The first-order valence-corrected chi connectivity index (χ1v) is 15.5. The van der Waals surface area contributed by atoms with Crippen molar-refractivity contribution in [2.75, 3.05) is 0 Å². The first-order valence-electron chi connectivity index (χ1n) is 15.5. The molecule has 0 aromatic carbocycles. The minimum atomic E-state index is -1.45. The van der Waals surface area contributed by atoms with Gasteiger partial charge in [0.2, 0.25) is 5.78 Å². The number of ether oxygens (including phenoxy) is 1. The largest absolute Gasteiger partial charge is 0.475 e. The van der Waals surface area contributed by atoms with E-state index in [2.05, 4.69) is 34.6 Å². The van der Waals surface area contributed by atoms with Crippen LogP contribution in [0.3, 0.4) is 0 Å². The van der Waals surface area contributed by atoms with Crippen molar-refractivity contribution in [2.45, 2.75) is 130 Å². The molecule has 0 heterocycles. The number of carboxylic acids is 1. The zero-order valence-corrected chi connectivity index (χ0v) is 26.2. The number of carbonyl (C=O) groups is 4. The number of carboxylic acid groups (broad SMARTS) is 1. The molecule has 5 aliphatic rings. The average molecular weight is 571 g/mol. The second-order valence-electron chi connectivity index (χ2n) is 15.8. The third-order valence-corrected chi connectivity index (χ3v) is 14.2. The fraction of sp³-hybridized carbons (Fsp3) is 0.818. The van der Waals surface area contributed by atoms with Crippen LogP contribution in [0.25, 0.3) is 0 Å². The van der Waals surface area contributed by atoms with Gasteiger partial charge in [-0.05, 0) is 85.2 Å². The molecule has 0 saturated heterocycles. The molecular formula is C33H50N2O6. The minimum absolute atomic E-state index is 0.0343. The van der Waals surface area contributed by atoms with Crippen LogP contribution in [-0.4, -0.2) is 45.8 Å². The van der Waals surface area contributed by atoms with E-state index in [0.717, 1.165) is 18.4 Å². The first kappa shape index (κ1) is 30.4. The Balaban J connectivity index is 1.65. The Hall–Kier alpha value is -2.06. The van der Waals surface area contributed by atoms with Crippen molar-refractivity contribution in [1.82, 2.24) is 0 Å². The molecule has 8 heteroatoms. The second-order valence-corrected chi connectivity index (χ2v) is 15.8. The Morgan fingerprint density at radius 3 is 2.07 bits per heavy atom. The highest BCUT2D eigenvalue weighted by molar-refractivity contribution is 6.37. The van der Waals surface area contributed by atoms with Gasteiger partial charge in [0.05, 0.1) is 5.41 Å². The number of nitrogens with two attached hydrogens (primary N) is 2. The minimum Gasteiger partial charge on any atom is -0.475 e. The Morgan fingerprint density at radius 2 is 1.51 bits per heavy atom. The molecule has 228 valence electrons. The van der Waals surface area contributed by atoms with E-state index in [1.54, 1.807) is 0 Å². The van der Waals surface area contributed by atoms with Gasteiger partial charge in [-0.15, -0.1) is 0 Å². The Bertz CT molecular complexity index is 1270. The SMILES string of the molecule is CC(=O)O[C@H]1CC[C@]2(C)[C@@]3(N)CC[C@@H]4C5=C(C(C)C)C(=O)C[C@]5(C(=O)C(=O)O)CC[C@@]4(C)[C@]3(C)CC[C@@]2(N)C1(C)C. The second kappa shape index (κ2) is 8.75. The fourth-order valence-corrected chi connectivity index (χ4v) is 11.5. The molecule has 0 radical (unpaired) electrons. The van der Waals surface area contributed by atoms with Crippen molar-refractivity contribution >= 4 is 23.5 Å². The van der Waals surface area contributed by atoms with Gasteiger partial charge in [0.25, 0.3) is 0 Å². The maximum Gasteiger partial charge on any atom is 0.373 e. The van der Waals surface area contributed by atoms with E-state index < -0.39 is 39.1 Å². The standard InChI is InChI=1S/C33H50N2O6/c1-18(2)23-21(37)17-31(25(38)26(39)40)15-13-28(6)20(24(23)31)9-12-33(35)29(28,7)14-16-32(34)27(4,5)22(41-19(3)36)10-11-30(32,33)8/h18,20,22H,9-17,34-35H2,1-8H3,(H,39,40)/t20-,22+,28-,29+,30+,31-,32-,33-/m1/s1. The van der Waals surface area contributed by atoms with E-state index in [1.807, 2.05) is 13.8 Å². The number of hydrogen-bond acceptors (Lipinski definition) is 7. The number of fused-ring (bicyclic) bond motifs is 7. The van der Waals surface area contributed by atoms with Crippen molar-refractivity contribution in [3.05, 3.63) is 11.1 Å². The van der Waals surface area contributed by atoms with Crippen LogP contribution in [-0.2, 0) is 23.9 Å². The molecule has 8 nitrogen and oxygen atoms in total. The molecule has 0 aromatic rings. The maximum absolute atomic E-state index is 13.5. The summed E-state index contributed by atoms with van der Waals surface area (Å²) < 4.78 is 5.83. The predicted molar refractivity (Wildman–Crippen MR) is 154 cm³/mol. The van der Waals surface area contributed by atoms with Gasteiger partial charge in [0, 0.05) is 35.3 Å². The third kappa shape index (κ3) is 3.30. The highest BCUT2D eigenvalue weighted by atomic mass is 16.5. The average Bonchev–Trinajstić information content (AvgIpc) is 3.18. The van der Waals surface area contributed by atoms with Crippen LogP contribution < -0.4 is 11.5 Å². The number of aliphatic carboxylic acids is 1. The highest BCUT2D eigenvalue weighted by Crippen LogP contribution is 2.77. The summed E-state index contributed by atoms with van der Waals surface area (Å²) in [6, 6.07) is 0. The van der Waals surface area contributed by atoms with Gasteiger partial charge >= 0.3 is 11.9 Å². The zero-order chi connectivity index (χ0) is 30.8. The summed E-state index contributed by atoms with van der Waals surface area (Å²) in [6.07, 6.45) is 4.87. The van der Waals surface area contributed by atoms with E-state index in [0.29, 0.717) is 44.1 Å². The number of carbonyl (C=O) groups excluding carboxylic acids is 3. The summed E-state index contributed by atoms with van der Waals surface area (Å²) in [7, 11) is 0. The van der Waals surface area contributed by atoms with Gasteiger partial charge in [0.1, 0.15) is 6.10 Å². The lowest BCUT2D eigenvalue weighted by atomic mass is 9.28. The molecule has 5 aliphatic carbocycles. The van der Waals surface area contributed by atoms with Crippen LogP contribution >= 0.6 is 0 Å². The first-order chi connectivity index (χ1) is 18.7. The third-order valence-electron chi connectivity index (χ3n) is 14.2. The van der Waals surface area contributed by atoms with E-state index in [-0.39, 0.29) is 46.9 Å². The van der Waals surface area contributed by atoms with Crippen molar-refractivity contribution in [1.29, 1.82) is 0 Å². The number of ketones is 2. The van der Waals surface area contributed by atoms with Gasteiger partial charge in [-0.3, -0.25) is 14.4 Å². The lowest BCUT2D eigenvalue weighted by molar-refractivity contribution is -0.251. The molecule has 41 heavy (non-hydrogen) atoms. The van der Waals surface area contributed by atoms with Gasteiger partial charge in [-0.25, -0.2) is 4.79 Å². The highest BCUT2D eigenvalue weighted by Gasteiger charge is 2.78. The number of hydrogen-bond donors (Lipinski definition) is 3. The molecule has 0 amide bonds. The zero-order valence-electron chi connectivity index (χ0n) is 26.2. The van der Waals surface area contributed by atoms with Crippen LogP contribution in [0.1, 0.15) is 113 Å². The Kier molecular flexibility index (Phi) is 6.48. The Labute approximate surface area is 244 Å². The van der Waals surface area contributed by atoms with Crippen LogP contribution in [0.2, 0.25) is 0 Å². The van der Waals surface area contributed by atoms with Crippen LogP contribution in [0.5, 0.6) is 0 Å².